The van der Waals surface area contributed by atoms with Gasteiger partial charge in [0, 0.05) is 13.1 Å². The van der Waals surface area contributed by atoms with E-state index < -0.39 is 0 Å². The predicted molar refractivity (Wildman–Crippen MR) is 38.3 cm³/mol. The molecule has 3 atom stereocenters. The highest BCUT2D eigenvalue weighted by Crippen LogP contribution is 2.29. The van der Waals surface area contributed by atoms with E-state index in [4.69, 9.17) is 5.26 Å². The SMILES string of the molecule is N#C[C@@H]1C[C@H]2CCN(C1)C2. The van der Waals surface area contributed by atoms with Gasteiger partial charge in [0.1, 0.15) is 0 Å². The summed E-state index contributed by atoms with van der Waals surface area (Å²) in [7, 11) is 0. The highest BCUT2D eigenvalue weighted by molar-refractivity contribution is 4.94. The summed E-state index contributed by atoms with van der Waals surface area (Å²) >= 11 is 0. The van der Waals surface area contributed by atoms with Crippen LogP contribution < -0.4 is 0 Å². The second-order valence-electron chi connectivity index (χ2n) is 3.48. The fourth-order valence-electron chi connectivity index (χ4n) is 2.15. The van der Waals surface area contributed by atoms with Gasteiger partial charge in [-0.05, 0) is 25.3 Å². The molecule has 2 aliphatic heterocycles. The minimum Gasteiger partial charge on any atom is -0.302 e. The molecule has 10 heavy (non-hydrogen) atoms. The van der Waals surface area contributed by atoms with Crippen LogP contribution in [0.25, 0.3) is 0 Å². The van der Waals surface area contributed by atoms with Crippen LogP contribution in [-0.2, 0) is 0 Å². The van der Waals surface area contributed by atoms with Crippen molar-refractivity contribution in [3.05, 3.63) is 0 Å². The molecule has 0 spiro atoms. The number of nitriles is 1. The van der Waals surface area contributed by atoms with Crippen LogP contribution in [0.2, 0.25) is 0 Å². The van der Waals surface area contributed by atoms with Gasteiger partial charge in [-0.2, -0.15) is 5.26 Å². The molecule has 0 aromatic rings. The van der Waals surface area contributed by atoms with E-state index in [-0.39, 0.29) is 0 Å². The maximum Gasteiger partial charge on any atom is 0.0669 e. The Morgan fingerprint density at radius 3 is 3.00 bits per heavy atom. The van der Waals surface area contributed by atoms with Gasteiger partial charge in [-0.15, -0.1) is 0 Å². The molecule has 54 valence electrons. The standard InChI is InChI=1S/C8H12N2/c9-4-8-3-7-1-2-10(5-7)6-8/h7-8H,1-3,5-6H2/t7-,8+/m1/s1. The number of piperidine rings is 1. The molecule has 2 heterocycles. The Kier molecular flexibility index (Phi) is 1.39. The van der Waals surface area contributed by atoms with Gasteiger partial charge in [0.15, 0.2) is 0 Å². The molecular formula is C8H12N2. The average molecular weight is 136 g/mol. The first-order chi connectivity index (χ1) is 4.88. The lowest BCUT2D eigenvalue weighted by Gasteiger charge is -2.25. The zero-order valence-corrected chi connectivity index (χ0v) is 6.08. The summed E-state index contributed by atoms with van der Waals surface area (Å²) in [5.74, 6) is 1.18. The van der Waals surface area contributed by atoms with Crippen molar-refractivity contribution in [3.63, 3.8) is 0 Å². The second kappa shape index (κ2) is 2.25. The normalized spacial score (nSPS) is 44.9. The minimum absolute atomic E-state index is 0.334. The summed E-state index contributed by atoms with van der Waals surface area (Å²) in [6, 6.07) is 2.36. The molecule has 0 radical (unpaired) electrons. The van der Waals surface area contributed by atoms with Crippen molar-refractivity contribution in [1.82, 2.24) is 4.90 Å². The number of hydrogen-bond donors (Lipinski definition) is 0. The lowest BCUT2D eigenvalue weighted by atomic mass is 9.93. The van der Waals surface area contributed by atoms with E-state index in [0.717, 1.165) is 18.9 Å². The Bertz CT molecular complexity index is 159. The smallest absolute Gasteiger partial charge is 0.0669 e. The van der Waals surface area contributed by atoms with Gasteiger partial charge < -0.3 is 4.90 Å². The Morgan fingerprint density at radius 2 is 2.30 bits per heavy atom. The van der Waals surface area contributed by atoms with Gasteiger partial charge >= 0.3 is 0 Å². The number of nitrogens with zero attached hydrogens (tertiary/aromatic N) is 2. The van der Waals surface area contributed by atoms with Crippen molar-refractivity contribution in [2.45, 2.75) is 12.8 Å². The Labute approximate surface area is 61.4 Å². The summed E-state index contributed by atoms with van der Waals surface area (Å²) in [6.45, 7) is 3.54. The van der Waals surface area contributed by atoms with Crippen LogP contribution in [0, 0.1) is 23.2 Å². The Morgan fingerprint density at radius 1 is 1.40 bits per heavy atom. The first-order valence-corrected chi connectivity index (χ1v) is 4.00. The van der Waals surface area contributed by atoms with Crippen molar-refractivity contribution in [2.75, 3.05) is 19.6 Å². The molecule has 2 bridgehead atoms. The van der Waals surface area contributed by atoms with E-state index in [1.165, 1.54) is 19.5 Å². The second-order valence-corrected chi connectivity index (χ2v) is 3.48. The largest absolute Gasteiger partial charge is 0.302 e. The van der Waals surface area contributed by atoms with E-state index >= 15 is 0 Å². The van der Waals surface area contributed by atoms with Crippen molar-refractivity contribution in [1.29, 1.82) is 5.26 Å². The molecule has 0 aliphatic carbocycles. The fourth-order valence-corrected chi connectivity index (χ4v) is 2.15. The van der Waals surface area contributed by atoms with Gasteiger partial charge in [0.05, 0.1) is 12.0 Å². The van der Waals surface area contributed by atoms with Crippen LogP contribution in [0.4, 0.5) is 0 Å². The number of fused-ring (bicyclic) bond motifs is 2. The molecule has 0 N–H and O–H groups in total. The zero-order chi connectivity index (χ0) is 6.97. The van der Waals surface area contributed by atoms with Crippen LogP contribution in [0.1, 0.15) is 12.8 Å². The maximum atomic E-state index is 8.68. The molecule has 2 heteroatoms. The summed E-state index contributed by atoms with van der Waals surface area (Å²) in [6.07, 6.45) is 2.49. The third-order valence-corrected chi connectivity index (χ3v) is 2.65. The van der Waals surface area contributed by atoms with Gasteiger partial charge in [0.25, 0.3) is 0 Å². The van der Waals surface area contributed by atoms with Crippen LogP contribution in [-0.4, -0.2) is 24.5 Å². The molecule has 2 fully saturated rings. The Hall–Kier alpha value is -0.550. The minimum atomic E-state index is 0.334. The topological polar surface area (TPSA) is 27.0 Å². The fraction of sp³-hybridized carbons (Fsp3) is 0.875. The first kappa shape index (κ1) is 6.18. The molecule has 0 aromatic carbocycles. The summed E-state index contributed by atoms with van der Waals surface area (Å²) in [5.41, 5.74) is 0. The van der Waals surface area contributed by atoms with Gasteiger partial charge in [-0.1, -0.05) is 0 Å². The molecule has 2 nitrogen and oxygen atoms in total. The average Bonchev–Trinajstić information content (AvgIpc) is 2.30. The van der Waals surface area contributed by atoms with E-state index in [2.05, 4.69) is 11.0 Å². The van der Waals surface area contributed by atoms with E-state index in [1.54, 1.807) is 0 Å². The van der Waals surface area contributed by atoms with Gasteiger partial charge in [-0.25, -0.2) is 0 Å². The maximum absolute atomic E-state index is 8.68. The zero-order valence-electron chi connectivity index (χ0n) is 6.08. The number of hydrogen-bond acceptors (Lipinski definition) is 2. The predicted octanol–water partition coefficient (Wildman–Crippen LogP) is 0.852. The van der Waals surface area contributed by atoms with Crippen LogP contribution in [0.3, 0.4) is 0 Å². The molecule has 0 amide bonds. The number of rotatable bonds is 0. The van der Waals surface area contributed by atoms with Crippen molar-refractivity contribution >= 4 is 0 Å². The molecule has 0 aromatic heterocycles. The van der Waals surface area contributed by atoms with E-state index in [0.29, 0.717) is 5.92 Å². The molecule has 2 rings (SSSR count). The molecule has 0 saturated carbocycles. The molecular weight excluding hydrogens is 124 g/mol. The highest BCUT2D eigenvalue weighted by Gasteiger charge is 2.31. The van der Waals surface area contributed by atoms with Gasteiger partial charge in [-0.3, -0.25) is 0 Å². The third-order valence-electron chi connectivity index (χ3n) is 2.65. The molecule has 1 unspecified atom stereocenters. The van der Waals surface area contributed by atoms with Crippen molar-refractivity contribution in [2.24, 2.45) is 11.8 Å². The Balaban J connectivity index is 2.04. The van der Waals surface area contributed by atoms with Crippen molar-refractivity contribution < 1.29 is 0 Å². The molecule has 2 saturated heterocycles. The first-order valence-electron chi connectivity index (χ1n) is 4.00. The summed E-state index contributed by atoms with van der Waals surface area (Å²) in [4.78, 5) is 2.42. The lowest BCUT2D eigenvalue weighted by Crippen LogP contribution is -2.32. The van der Waals surface area contributed by atoms with Crippen LogP contribution in [0.5, 0.6) is 0 Å². The van der Waals surface area contributed by atoms with E-state index in [1.807, 2.05) is 0 Å². The highest BCUT2D eigenvalue weighted by atomic mass is 15.2. The van der Waals surface area contributed by atoms with Crippen LogP contribution >= 0.6 is 0 Å². The lowest BCUT2D eigenvalue weighted by molar-refractivity contribution is 0.233. The van der Waals surface area contributed by atoms with Crippen molar-refractivity contribution in [3.8, 4) is 6.07 Å². The van der Waals surface area contributed by atoms with Crippen LogP contribution in [0.15, 0.2) is 0 Å². The monoisotopic (exact) mass is 136 g/mol. The third kappa shape index (κ3) is 0.911. The molecule has 2 aliphatic rings. The quantitative estimate of drug-likeness (QED) is 0.493. The van der Waals surface area contributed by atoms with Gasteiger partial charge in [0.2, 0.25) is 0 Å². The van der Waals surface area contributed by atoms with E-state index in [9.17, 15) is 0 Å². The summed E-state index contributed by atoms with van der Waals surface area (Å²) < 4.78 is 0. The summed E-state index contributed by atoms with van der Waals surface area (Å²) in [5, 5.41) is 8.68.